The SMILES string of the molecule is N#Cc1cc(C(F)F)c(CN)nc1C(F)(F)F. The lowest BCUT2D eigenvalue weighted by Gasteiger charge is -2.12. The van der Waals surface area contributed by atoms with Gasteiger partial charge in [0.15, 0.2) is 5.69 Å². The van der Waals surface area contributed by atoms with E-state index in [0.29, 0.717) is 6.07 Å². The van der Waals surface area contributed by atoms with Gasteiger partial charge in [-0.3, -0.25) is 0 Å². The number of halogens is 5. The minimum Gasteiger partial charge on any atom is -0.325 e. The summed E-state index contributed by atoms with van der Waals surface area (Å²) in [5, 5.41) is 8.49. The Labute approximate surface area is 92.7 Å². The molecule has 0 aromatic carbocycles. The lowest BCUT2D eigenvalue weighted by atomic mass is 10.1. The number of nitriles is 1. The Morgan fingerprint density at radius 3 is 2.35 bits per heavy atom. The highest BCUT2D eigenvalue weighted by Gasteiger charge is 2.37. The van der Waals surface area contributed by atoms with E-state index in [9.17, 15) is 22.0 Å². The fraction of sp³-hybridized carbons (Fsp3) is 0.333. The molecular weight excluding hydrogens is 245 g/mol. The molecule has 0 unspecified atom stereocenters. The van der Waals surface area contributed by atoms with Crippen molar-refractivity contribution in [2.45, 2.75) is 19.1 Å². The van der Waals surface area contributed by atoms with Crippen molar-refractivity contribution in [3.63, 3.8) is 0 Å². The fourth-order valence-electron chi connectivity index (χ4n) is 1.22. The molecule has 0 saturated carbocycles. The molecule has 0 aliphatic carbocycles. The number of hydrogen-bond acceptors (Lipinski definition) is 3. The van der Waals surface area contributed by atoms with Gasteiger partial charge in [-0.1, -0.05) is 0 Å². The van der Waals surface area contributed by atoms with Crippen molar-refractivity contribution < 1.29 is 22.0 Å². The van der Waals surface area contributed by atoms with Gasteiger partial charge in [-0.05, 0) is 6.07 Å². The number of alkyl halides is 5. The zero-order valence-corrected chi connectivity index (χ0v) is 8.22. The van der Waals surface area contributed by atoms with E-state index in [4.69, 9.17) is 11.0 Å². The molecule has 0 atom stereocenters. The van der Waals surface area contributed by atoms with Crippen LogP contribution in [0.4, 0.5) is 22.0 Å². The van der Waals surface area contributed by atoms with Gasteiger partial charge in [-0.15, -0.1) is 0 Å². The smallest absolute Gasteiger partial charge is 0.325 e. The highest BCUT2D eigenvalue weighted by Crippen LogP contribution is 2.33. The van der Waals surface area contributed by atoms with Crippen LogP contribution in [0.15, 0.2) is 6.07 Å². The van der Waals surface area contributed by atoms with Gasteiger partial charge < -0.3 is 5.73 Å². The van der Waals surface area contributed by atoms with Gasteiger partial charge in [0.1, 0.15) is 6.07 Å². The van der Waals surface area contributed by atoms with Crippen molar-refractivity contribution in [2.24, 2.45) is 5.73 Å². The third kappa shape index (κ3) is 2.68. The highest BCUT2D eigenvalue weighted by atomic mass is 19.4. The predicted molar refractivity (Wildman–Crippen MR) is 46.8 cm³/mol. The van der Waals surface area contributed by atoms with Crippen molar-refractivity contribution in [3.05, 3.63) is 28.6 Å². The first kappa shape index (κ1) is 13.3. The second-order valence-electron chi connectivity index (χ2n) is 3.03. The van der Waals surface area contributed by atoms with E-state index in [0.717, 1.165) is 0 Å². The molecule has 3 nitrogen and oxygen atoms in total. The van der Waals surface area contributed by atoms with E-state index in [2.05, 4.69) is 4.98 Å². The van der Waals surface area contributed by atoms with Gasteiger partial charge in [0.2, 0.25) is 0 Å². The standard InChI is InChI=1S/C9H6F5N3/c10-8(11)5-1-4(2-15)7(9(12,13)14)17-6(5)3-16/h1,8H,3,16H2. The van der Waals surface area contributed by atoms with Crippen molar-refractivity contribution in [2.75, 3.05) is 0 Å². The van der Waals surface area contributed by atoms with Gasteiger partial charge in [-0.2, -0.15) is 18.4 Å². The number of pyridine rings is 1. The van der Waals surface area contributed by atoms with E-state index in [1.807, 2.05) is 0 Å². The van der Waals surface area contributed by atoms with Crippen LogP contribution in [0.3, 0.4) is 0 Å². The van der Waals surface area contributed by atoms with Gasteiger partial charge in [-0.25, -0.2) is 13.8 Å². The van der Waals surface area contributed by atoms with Crippen LogP contribution in [0.25, 0.3) is 0 Å². The van der Waals surface area contributed by atoms with Crippen LogP contribution in [0.2, 0.25) is 0 Å². The Hall–Kier alpha value is -1.75. The first-order valence-electron chi connectivity index (χ1n) is 4.30. The Morgan fingerprint density at radius 1 is 1.41 bits per heavy atom. The summed E-state index contributed by atoms with van der Waals surface area (Å²) in [6, 6.07) is 1.67. The highest BCUT2D eigenvalue weighted by molar-refractivity contribution is 5.40. The topological polar surface area (TPSA) is 62.7 Å². The van der Waals surface area contributed by atoms with Crippen molar-refractivity contribution >= 4 is 0 Å². The maximum atomic E-state index is 12.5. The second-order valence-corrected chi connectivity index (χ2v) is 3.03. The Morgan fingerprint density at radius 2 is 2.00 bits per heavy atom. The molecule has 0 aliphatic heterocycles. The van der Waals surface area contributed by atoms with E-state index >= 15 is 0 Å². The van der Waals surface area contributed by atoms with E-state index in [1.165, 1.54) is 6.07 Å². The van der Waals surface area contributed by atoms with Crippen LogP contribution < -0.4 is 5.73 Å². The molecule has 2 N–H and O–H groups in total. The number of hydrogen-bond donors (Lipinski definition) is 1. The van der Waals surface area contributed by atoms with Crippen LogP contribution in [-0.2, 0) is 12.7 Å². The second kappa shape index (κ2) is 4.63. The average molecular weight is 251 g/mol. The van der Waals surface area contributed by atoms with Crippen LogP contribution in [-0.4, -0.2) is 4.98 Å². The molecule has 8 heteroatoms. The molecule has 0 spiro atoms. The molecule has 17 heavy (non-hydrogen) atoms. The molecule has 92 valence electrons. The minimum atomic E-state index is -4.88. The van der Waals surface area contributed by atoms with Gasteiger partial charge in [0, 0.05) is 12.1 Å². The van der Waals surface area contributed by atoms with Crippen molar-refractivity contribution in [1.29, 1.82) is 5.26 Å². The van der Waals surface area contributed by atoms with Gasteiger partial charge in [0.05, 0.1) is 11.3 Å². The van der Waals surface area contributed by atoms with Crippen molar-refractivity contribution in [3.8, 4) is 6.07 Å². The molecule has 0 amide bonds. The van der Waals surface area contributed by atoms with E-state index in [-0.39, 0.29) is 0 Å². The van der Waals surface area contributed by atoms with E-state index < -0.39 is 41.7 Å². The summed E-state index contributed by atoms with van der Waals surface area (Å²) in [4.78, 5) is 3.00. The maximum absolute atomic E-state index is 12.5. The first-order valence-corrected chi connectivity index (χ1v) is 4.30. The Bertz CT molecular complexity index is 461. The summed E-state index contributed by atoms with van der Waals surface area (Å²) in [5.41, 5.74) is 1.29. The number of rotatable bonds is 2. The molecule has 0 radical (unpaired) electrons. The van der Waals surface area contributed by atoms with E-state index in [1.54, 1.807) is 0 Å². The summed E-state index contributed by atoms with van der Waals surface area (Å²) in [7, 11) is 0. The largest absolute Gasteiger partial charge is 0.434 e. The number of nitrogens with two attached hydrogens (primary N) is 1. The first-order chi connectivity index (χ1) is 7.81. The molecule has 1 rings (SSSR count). The fourth-order valence-corrected chi connectivity index (χ4v) is 1.22. The molecular formula is C9H6F5N3. The molecule has 1 heterocycles. The molecule has 0 saturated heterocycles. The monoisotopic (exact) mass is 251 g/mol. The number of aromatic nitrogens is 1. The maximum Gasteiger partial charge on any atom is 0.434 e. The average Bonchev–Trinajstić information content (AvgIpc) is 2.25. The summed E-state index contributed by atoms with van der Waals surface area (Å²) in [5.74, 6) is 0. The van der Waals surface area contributed by atoms with Crippen LogP contribution in [0.1, 0.15) is 28.9 Å². The van der Waals surface area contributed by atoms with Crippen LogP contribution in [0.5, 0.6) is 0 Å². The van der Waals surface area contributed by atoms with Crippen LogP contribution in [0, 0.1) is 11.3 Å². The summed E-state index contributed by atoms with van der Waals surface area (Å²) >= 11 is 0. The molecule has 0 fully saturated rings. The molecule has 0 bridgehead atoms. The third-order valence-corrected chi connectivity index (χ3v) is 1.95. The van der Waals surface area contributed by atoms with Crippen LogP contribution >= 0.6 is 0 Å². The Balaban J connectivity index is 3.51. The zero-order valence-electron chi connectivity index (χ0n) is 8.22. The van der Waals surface area contributed by atoms with Gasteiger partial charge >= 0.3 is 6.18 Å². The minimum absolute atomic E-state index is 0.475. The van der Waals surface area contributed by atoms with Gasteiger partial charge in [0.25, 0.3) is 6.43 Å². The summed E-state index contributed by atoms with van der Waals surface area (Å²) < 4.78 is 62.3. The summed E-state index contributed by atoms with van der Waals surface area (Å²) in [6.07, 6.45) is -7.91. The number of nitrogens with zero attached hydrogens (tertiary/aromatic N) is 2. The van der Waals surface area contributed by atoms with Crippen molar-refractivity contribution in [1.82, 2.24) is 4.98 Å². The normalized spacial score (nSPS) is 11.6. The Kier molecular flexibility index (Phi) is 3.63. The third-order valence-electron chi connectivity index (χ3n) is 1.95. The lowest BCUT2D eigenvalue weighted by molar-refractivity contribution is -0.141. The zero-order chi connectivity index (χ0) is 13.2. The quantitative estimate of drug-likeness (QED) is 0.820. The molecule has 1 aromatic rings. The molecule has 0 aliphatic rings. The lowest BCUT2D eigenvalue weighted by Crippen LogP contribution is -2.16. The predicted octanol–water partition coefficient (Wildman–Crippen LogP) is 2.37. The summed E-state index contributed by atoms with van der Waals surface area (Å²) in [6.45, 7) is -0.561. The molecule has 1 aromatic heterocycles.